The molecule has 0 bridgehead atoms. The molecule has 2 heteroatoms. The van der Waals surface area contributed by atoms with Crippen LogP contribution in [0.3, 0.4) is 0 Å². The van der Waals surface area contributed by atoms with Gasteiger partial charge in [0.05, 0.1) is 6.00 Å². The van der Waals surface area contributed by atoms with E-state index in [0.29, 0.717) is 6.00 Å². The molecule has 0 radical (unpaired) electrons. The van der Waals surface area contributed by atoms with E-state index in [0.717, 1.165) is 0 Å². The summed E-state index contributed by atoms with van der Waals surface area (Å²) >= 11 is 5.56. The molecule has 8 heavy (non-hydrogen) atoms. The first kappa shape index (κ1) is 8.25. The van der Waals surface area contributed by atoms with E-state index < -0.39 is 0 Å². The van der Waals surface area contributed by atoms with E-state index in [1.54, 1.807) is 0 Å². The molecule has 0 fully saturated rings. The summed E-state index contributed by atoms with van der Waals surface area (Å²) in [5.41, 5.74) is 0.210. The van der Waals surface area contributed by atoms with E-state index in [1.165, 1.54) is 0 Å². The second-order valence-corrected chi connectivity index (χ2v) is 3.23. The van der Waals surface area contributed by atoms with E-state index in [1.807, 2.05) is 7.05 Å². The lowest BCUT2D eigenvalue weighted by Gasteiger charge is -2.29. The molecule has 0 saturated heterocycles. The van der Waals surface area contributed by atoms with Gasteiger partial charge in [0.25, 0.3) is 0 Å². The first-order chi connectivity index (χ1) is 3.48. The maximum Gasteiger partial charge on any atom is 0.0740 e. The number of nitrogens with zero attached hydrogens (tertiary/aromatic N) is 1. The van der Waals surface area contributed by atoms with Crippen LogP contribution in [0, 0.1) is 0 Å². The quantitative estimate of drug-likeness (QED) is 0.392. The maximum atomic E-state index is 5.56. The van der Waals surface area contributed by atoms with Crippen molar-refractivity contribution in [1.82, 2.24) is 4.90 Å². The molecule has 0 aromatic heterocycles. The van der Waals surface area contributed by atoms with E-state index >= 15 is 0 Å². The standard InChI is InChI=1S/C6H14ClN/c1-6(2,3)8(4)5-7/h5H2,1-4H3. The molecular formula is C6H14ClN. The van der Waals surface area contributed by atoms with Gasteiger partial charge in [0.1, 0.15) is 0 Å². The molecule has 0 atom stereocenters. The molecular weight excluding hydrogens is 122 g/mol. The first-order valence-electron chi connectivity index (χ1n) is 2.75. The highest BCUT2D eigenvalue weighted by atomic mass is 35.5. The molecule has 0 aromatic carbocycles. The zero-order chi connectivity index (χ0) is 6.78. The van der Waals surface area contributed by atoms with Crippen molar-refractivity contribution >= 4 is 11.6 Å². The summed E-state index contributed by atoms with van der Waals surface area (Å²) in [6.07, 6.45) is 0. The lowest BCUT2D eigenvalue weighted by atomic mass is 10.1. The molecule has 0 rings (SSSR count). The third kappa shape index (κ3) is 2.53. The van der Waals surface area contributed by atoms with Gasteiger partial charge in [-0.1, -0.05) is 0 Å². The average molecular weight is 136 g/mol. The molecule has 0 aliphatic rings. The van der Waals surface area contributed by atoms with Crippen LogP contribution in [0.25, 0.3) is 0 Å². The molecule has 0 aromatic rings. The number of rotatable bonds is 1. The van der Waals surface area contributed by atoms with Gasteiger partial charge in [0, 0.05) is 5.54 Å². The molecule has 0 heterocycles. The summed E-state index contributed by atoms with van der Waals surface area (Å²) in [4.78, 5) is 2.08. The average Bonchev–Trinajstić information content (AvgIpc) is 1.62. The predicted molar refractivity (Wildman–Crippen MR) is 38.2 cm³/mol. The van der Waals surface area contributed by atoms with Crippen LogP contribution in [0.5, 0.6) is 0 Å². The minimum absolute atomic E-state index is 0.210. The van der Waals surface area contributed by atoms with Gasteiger partial charge < -0.3 is 0 Å². The largest absolute Gasteiger partial charge is 0.288 e. The SMILES string of the molecule is CN(CCl)C(C)(C)C. The monoisotopic (exact) mass is 135 g/mol. The van der Waals surface area contributed by atoms with Crippen molar-refractivity contribution < 1.29 is 0 Å². The minimum atomic E-state index is 0.210. The number of hydrogen-bond donors (Lipinski definition) is 0. The Kier molecular flexibility index (Phi) is 2.78. The number of alkyl halides is 1. The predicted octanol–water partition coefficient (Wildman–Crippen LogP) is 1.91. The van der Waals surface area contributed by atoms with Crippen LogP contribution in [-0.4, -0.2) is 23.5 Å². The lowest BCUT2D eigenvalue weighted by Crippen LogP contribution is -2.36. The Balaban J connectivity index is 3.62. The van der Waals surface area contributed by atoms with Gasteiger partial charge in [0.15, 0.2) is 0 Å². The summed E-state index contributed by atoms with van der Waals surface area (Å²) in [7, 11) is 2.01. The van der Waals surface area contributed by atoms with E-state index in [9.17, 15) is 0 Å². The van der Waals surface area contributed by atoms with Crippen LogP contribution in [0.4, 0.5) is 0 Å². The van der Waals surface area contributed by atoms with Crippen LogP contribution >= 0.6 is 11.6 Å². The van der Waals surface area contributed by atoms with E-state index in [-0.39, 0.29) is 5.54 Å². The second-order valence-electron chi connectivity index (χ2n) is 2.99. The summed E-state index contributed by atoms with van der Waals surface area (Å²) < 4.78 is 0. The van der Waals surface area contributed by atoms with Crippen LogP contribution < -0.4 is 0 Å². The van der Waals surface area contributed by atoms with Gasteiger partial charge in [-0.15, -0.1) is 11.6 Å². The first-order valence-corrected chi connectivity index (χ1v) is 3.29. The Morgan fingerprint density at radius 1 is 1.38 bits per heavy atom. The number of hydrogen-bond acceptors (Lipinski definition) is 1. The zero-order valence-corrected chi connectivity index (χ0v) is 6.79. The summed E-state index contributed by atoms with van der Waals surface area (Å²) in [5, 5.41) is 0. The van der Waals surface area contributed by atoms with E-state index in [2.05, 4.69) is 25.7 Å². The fourth-order valence-corrected chi connectivity index (χ4v) is 0.538. The van der Waals surface area contributed by atoms with Crippen LogP contribution in [0.15, 0.2) is 0 Å². The Morgan fingerprint density at radius 2 is 1.75 bits per heavy atom. The van der Waals surface area contributed by atoms with E-state index in [4.69, 9.17) is 11.6 Å². The Hall–Kier alpha value is 0.250. The third-order valence-electron chi connectivity index (χ3n) is 1.32. The van der Waals surface area contributed by atoms with Crippen molar-refractivity contribution in [2.75, 3.05) is 13.1 Å². The van der Waals surface area contributed by atoms with Crippen molar-refractivity contribution in [3.63, 3.8) is 0 Å². The van der Waals surface area contributed by atoms with Crippen LogP contribution in [0.1, 0.15) is 20.8 Å². The Bertz CT molecular complexity index is 65.4. The summed E-state index contributed by atoms with van der Waals surface area (Å²) in [5.74, 6) is 0. The maximum absolute atomic E-state index is 5.56. The molecule has 0 N–H and O–H groups in total. The van der Waals surface area contributed by atoms with Gasteiger partial charge in [-0.2, -0.15) is 0 Å². The summed E-state index contributed by atoms with van der Waals surface area (Å²) in [6, 6.07) is 0.601. The minimum Gasteiger partial charge on any atom is -0.288 e. The fourth-order valence-electron chi connectivity index (χ4n) is 0.179. The Morgan fingerprint density at radius 3 is 1.75 bits per heavy atom. The van der Waals surface area contributed by atoms with Crippen LogP contribution in [-0.2, 0) is 0 Å². The van der Waals surface area contributed by atoms with Gasteiger partial charge in [-0.25, -0.2) is 0 Å². The Labute approximate surface area is 56.6 Å². The third-order valence-corrected chi connectivity index (χ3v) is 1.68. The highest BCUT2D eigenvalue weighted by molar-refractivity contribution is 6.17. The van der Waals surface area contributed by atoms with Crippen molar-refractivity contribution in [3.05, 3.63) is 0 Å². The van der Waals surface area contributed by atoms with Crippen molar-refractivity contribution in [1.29, 1.82) is 0 Å². The van der Waals surface area contributed by atoms with Gasteiger partial charge in [0.2, 0.25) is 0 Å². The van der Waals surface area contributed by atoms with Gasteiger partial charge in [-0.05, 0) is 27.8 Å². The van der Waals surface area contributed by atoms with Gasteiger partial charge in [-0.3, -0.25) is 4.90 Å². The van der Waals surface area contributed by atoms with Gasteiger partial charge >= 0.3 is 0 Å². The smallest absolute Gasteiger partial charge is 0.0740 e. The molecule has 0 unspecified atom stereocenters. The molecule has 50 valence electrons. The van der Waals surface area contributed by atoms with Crippen LogP contribution in [0.2, 0.25) is 0 Å². The fraction of sp³-hybridized carbons (Fsp3) is 1.00. The highest BCUT2D eigenvalue weighted by Crippen LogP contribution is 2.09. The topological polar surface area (TPSA) is 3.24 Å². The molecule has 1 nitrogen and oxygen atoms in total. The zero-order valence-electron chi connectivity index (χ0n) is 6.03. The molecule has 0 spiro atoms. The normalized spacial score (nSPS) is 12.8. The highest BCUT2D eigenvalue weighted by Gasteiger charge is 2.14. The number of halogens is 1. The lowest BCUT2D eigenvalue weighted by molar-refractivity contribution is 0.206. The van der Waals surface area contributed by atoms with Crippen molar-refractivity contribution in [2.45, 2.75) is 26.3 Å². The summed E-state index contributed by atoms with van der Waals surface area (Å²) in [6.45, 7) is 6.40. The molecule has 0 aliphatic carbocycles. The molecule has 0 aliphatic heterocycles. The van der Waals surface area contributed by atoms with Crippen molar-refractivity contribution in [2.24, 2.45) is 0 Å². The second kappa shape index (κ2) is 2.70. The molecule has 0 saturated carbocycles. The molecule has 0 amide bonds. The van der Waals surface area contributed by atoms with Crippen molar-refractivity contribution in [3.8, 4) is 0 Å².